The third kappa shape index (κ3) is 2.79. The summed E-state index contributed by atoms with van der Waals surface area (Å²) in [5.41, 5.74) is 5.68. The quantitative estimate of drug-likeness (QED) is 0.912. The van der Waals surface area contributed by atoms with Gasteiger partial charge in [0.05, 0.1) is 15.8 Å². The highest BCUT2D eigenvalue weighted by atomic mass is 35.5. The van der Waals surface area contributed by atoms with Crippen LogP contribution < -0.4 is 5.73 Å². The first-order valence-electron chi connectivity index (χ1n) is 5.52. The SMILES string of the molecule is NC(=O)C1CCCN(C(=O)c2cc(Cl)sc2Cl)C1. The van der Waals surface area contributed by atoms with Crippen molar-refractivity contribution < 1.29 is 9.59 Å². The van der Waals surface area contributed by atoms with Crippen molar-refractivity contribution in [1.82, 2.24) is 4.90 Å². The zero-order valence-corrected chi connectivity index (χ0v) is 11.8. The maximum atomic E-state index is 12.2. The lowest BCUT2D eigenvalue weighted by atomic mass is 9.97. The maximum absolute atomic E-state index is 12.2. The average Bonchev–Trinajstić information content (AvgIpc) is 2.67. The van der Waals surface area contributed by atoms with E-state index in [4.69, 9.17) is 28.9 Å². The predicted octanol–water partition coefficient (Wildman–Crippen LogP) is 2.39. The predicted molar refractivity (Wildman–Crippen MR) is 72.2 cm³/mol. The number of primary amides is 1. The fourth-order valence-electron chi connectivity index (χ4n) is 2.05. The zero-order valence-electron chi connectivity index (χ0n) is 9.49. The van der Waals surface area contributed by atoms with Crippen LogP contribution in [0.15, 0.2) is 6.07 Å². The Balaban J connectivity index is 2.14. The summed E-state index contributed by atoms with van der Waals surface area (Å²) in [7, 11) is 0. The molecule has 1 fully saturated rings. The lowest BCUT2D eigenvalue weighted by Gasteiger charge is -2.31. The first-order valence-corrected chi connectivity index (χ1v) is 7.09. The highest BCUT2D eigenvalue weighted by molar-refractivity contribution is 7.20. The molecule has 0 saturated carbocycles. The van der Waals surface area contributed by atoms with E-state index < -0.39 is 0 Å². The van der Waals surface area contributed by atoms with E-state index in [0.29, 0.717) is 27.3 Å². The van der Waals surface area contributed by atoms with Gasteiger partial charge in [-0.05, 0) is 18.9 Å². The van der Waals surface area contributed by atoms with E-state index in [0.717, 1.165) is 24.2 Å². The van der Waals surface area contributed by atoms with Gasteiger partial charge >= 0.3 is 0 Å². The molecule has 4 nitrogen and oxygen atoms in total. The molecule has 2 amide bonds. The molecule has 18 heavy (non-hydrogen) atoms. The molecule has 0 radical (unpaired) electrons. The van der Waals surface area contributed by atoms with Crippen LogP contribution in [0.4, 0.5) is 0 Å². The van der Waals surface area contributed by atoms with Gasteiger partial charge in [0.2, 0.25) is 5.91 Å². The lowest BCUT2D eigenvalue weighted by Crippen LogP contribution is -2.44. The summed E-state index contributed by atoms with van der Waals surface area (Å²) in [6.07, 6.45) is 1.51. The van der Waals surface area contributed by atoms with Crippen molar-refractivity contribution in [2.24, 2.45) is 11.7 Å². The van der Waals surface area contributed by atoms with E-state index in [1.165, 1.54) is 0 Å². The molecule has 98 valence electrons. The molecular formula is C11H12Cl2N2O2S. The van der Waals surface area contributed by atoms with Crippen molar-refractivity contribution in [3.63, 3.8) is 0 Å². The van der Waals surface area contributed by atoms with Gasteiger partial charge in [-0.3, -0.25) is 9.59 Å². The fraction of sp³-hybridized carbons (Fsp3) is 0.455. The molecule has 2 N–H and O–H groups in total. The van der Waals surface area contributed by atoms with E-state index in [9.17, 15) is 9.59 Å². The molecule has 2 heterocycles. The Bertz CT molecular complexity index is 489. The average molecular weight is 307 g/mol. The van der Waals surface area contributed by atoms with Crippen LogP contribution in [0.5, 0.6) is 0 Å². The van der Waals surface area contributed by atoms with Crippen LogP contribution in [-0.2, 0) is 4.79 Å². The van der Waals surface area contributed by atoms with Gasteiger partial charge in [0, 0.05) is 13.1 Å². The van der Waals surface area contributed by atoms with Gasteiger partial charge in [-0.15, -0.1) is 11.3 Å². The number of thiophene rings is 1. The number of carbonyl (C=O) groups excluding carboxylic acids is 2. The Labute approximate surface area is 119 Å². The van der Waals surface area contributed by atoms with E-state index in [2.05, 4.69) is 0 Å². The molecule has 0 bridgehead atoms. The van der Waals surface area contributed by atoms with Crippen LogP contribution in [0, 0.1) is 5.92 Å². The van der Waals surface area contributed by atoms with E-state index in [1.807, 2.05) is 0 Å². The highest BCUT2D eigenvalue weighted by Crippen LogP contribution is 2.32. The van der Waals surface area contributed by atoms with Crippen LogP contribution in [0.25, 0.3) is 0 Å². The number of amides is 2. The molecule has 1 saturated heterocycles. The third-order valence-corrected chi connectivity index (χ3v) is 4.49. The second-order valence-corrected chi connectivity index (χ2v) is 6.52. The number of piperidine rings is 1. The van der Waals surface area contributed by atoms with Crippen molar-refractivity contribution in [1.29, 1.82) is 0 Å². The monoisotopic (exact) mass is 306 g/mol. The molecule has 0 aromatic carbocycles. The summed E-state index contributed by atoms with van der Waals surface area (Å²) in [5.74, 6) is -0.813. The number of likely N-dealkylation sites (tertiary alicyclic amines) is 1. The Morgan fingerprint density at radius 2 is 2.17 bits per heavy atom. The standard InChI is InChI=1S/C11H12Cl2N2O2S/c12-8-4-7(9(13)18-8)11(17)15-3-1-2-6(5-15)10(14)16/h4,6H,1-3,5H2,(H2,14,16). The molecule has 0 spiro atoms. The second kappa shape index (κ2) is 5.47. The van der Waals surface area contributed by atoms with Crippen LogP contribution in [0.3, 0.4) is 0 Å². The summed E-state index contributed by atoms with van der Waals surface area (Å²) in [6, 6.07) is 1.56. The van der Waals surface area contributed by atoms with Gasteiger partial charge in [-0.1, -0.05) is 23.2 Å². The number of nitrogens with zero attached hydrogens (tertiary/aromatic N) is 1. The summed E-state index contributed by atoms with van der Waals surface area (Å²) in [4.78, 5) is 25.0. The van der Waals surface area contributed by atoms with Crippen LogP contribution >= 0.6 is 34.5 Å². The maximum Gasteiger partial charge on any atom is 0.256 e. The van der Waals surface area contributed by atoms with Crippen molar-refractivity contribution in [2.45, 2.75) is 12.8 Å². The molecule has 2 rings (SSSR count). The molecule has 1 aromatic rings. The Hall–Kier alpha value is -0.780. The van der Waals surface area contributed by atoms with E-state index >= 15 is 0 Å². The molecule has 1 unspecified atom stereocenters. The van der Waals surface area contributed by atoms with Crippen LogP contribution in [0.1, 0.15) is 23.2 Å². The Morgan fingerprint density at radius 1 is 1.44 bits per heavy atom. The molecule has 1 atom stereocenters. The first-order chi connectivity index (χ1) is 8.49. The third-order valence-electron chi connectivity index (χ3n) is 3.00. The lowest BCUT2D eigenvalue weighted by molar-refractivity contribution is -0.123. The minimum Gasteiger partial charge on any atom is -0.369 e. The van der Waals surface area contributed by atoms with Crippen LogP contribution in [-0.4, -0.2) is 29.8 Å². The van der Waals surface area contributed by atoms with Gasteiger partial charge in [-0.25, -0.2) is 0 Å². The number of carbonyl (C=O) groups is 2. The van der Waals surface area contributed by atoms with Crippen LogP contribution in [0.2, 0.25) is 8.67 Å². The summed E-state index contributed by atoms with van der Waals surface area (Å²) >= 11 is 12.9. The van der Waals surface area contributed by atoms with Crippen molar-refractivity contribution >= 4 is 46.4 Å². The molecule has 7 heteroatoms. The van der Waals surface area contributed by atoms with Crippen molar-refractivity contribution in [3.05, 3.63) is 20.3 Å². The number of nitrogens with two attached hydrogens (primary N) is 1. The van der Waals surface area contributed by atoms with Gasteiger partial charge in [-0.2, -0.15) is 0 Å². The van der Waals surface area contributed by atoms with Crippen molar-refractivity contribution in [3.8, 4) is 0 Å². The highest BCUT2D eigenvalue weighted by Gasteiger charge is 2.29. The minimum absolute atomic E-state index is 0.186. The Morgan fingerprint density at radius 3 is 2.72 bits per heavy atom. The number of hydrogen-bond acceptors (Lipinski definition) is 3. The zero-order chi connectivity index (χ0) is 13.3. The number of rotatable bonds is 2. The van der Waals surface area contributed by atoms with E-state index in [-0.39, 0.29) is 17.7 Å². The Kier molecular flexibility index (Phi) is 4.14. The van der Waals surface area contributed by atoms with Crippen molar-refractivity contribution in [2.75, 3.05) is 13.1 Å². The van der Waals surface area contributed by atoms with Gasteiger partial charge in [0.15, 0.2) is 0 Å². The summed E-state index contributed by atoms with van der Waals surface area (Å²) in [6.45, 7) is 0.977. The fourth-order valence-corrected chi connectivity index (χ4v) is 3.50. The summed E-state index contributed by atoms with van der Waals surface area (Å²) in [5, 5.41) is 0. The van der Waals surface area contributed by atoms with Gasteiger partial charge in [0.1, 0.15) is 4.34 Å². The van der Waals surface area contributed by atoms with E-state index in [1.54, 1.807) is 11.0 Å². The normalized spacial score (nSPS) is 19.9. The van der Waals surface area contributed by atoms with Gasteiger partial charge in [0.25, 0.3) is 5.91 Å². The smallest absolute Gasteiger partial charge is 0.256 e. The minimum atomic E-state index is -0.359. The second-order valence-electron chi connectivity index (χ2n) is 4.23. The largest absolute Gasteiger partial charge is 0.369 e. The van der Waals surface area contributed by atoms with Gasteiger partial charge < -0.3 is 10.6 Å². The topological polar surface area (TPSA) is 63.4 Å². The molecule has 1 aliphatic rings. The molecule has 1 aromatic heterocycles. The number of halogens is 2. The molecule has 1 aliphatic heterocycles. The first kappa shape index (κ1) is 13.6. The number of hydrogen-bond donors (Lipinski definition) is 1. The summed E-state index contributed by atoms with van der Waals surface area (Å²) < 4.78 is 0.859. The molecule has 0 aliphatic carbocycles. The molecular weight excluding hydrogens is 295 g/mol.